The number of aromatic nitrogens is 1. The van der Waals surface area contributed by atoms with Crippen LogP contribution in [0, 0.1) is 0 Å². The lowest BCUT2D eigenvalue weighted by atomic mass is 9.95. The van der Waals surface area contributed by atoms with E-state index in [1.165, 1.54) is 42.3 Å². The van der Waals surface area contributed by atoms with Crippen molar-refractivity contribution in [1.29, 1.82) is 0 Å². The van der Waals surface area contributed by atoms with Crippen molar-refractivity contribution in [2.45, 2.75) is 31.8 Å². The molecule has 0 unspecified atom stereocenters. The van der Waals surface area contributed by atoms with Gasteiger partial charge in [0.25, 0.3) is 0 Å². The third-order valence-corrected chi connectivity index (χ3v) is 4.84. The van der Waals surface area contributed by atoms with Crippen molar-refractivity contribution in [3.63, 3.8) is 0 Å². The molecule has 1 aliphatic heterocycles. The van der Waals surface area contributed by atoms with Crippen LogP contribution < -0.4 is 0 Å². The Labute approximate surface area is 137 Å². The number of hydrogen-bond donors (Lipinski definition) is 0. The molecular formula is C21H22N2. The van der Waals surface area contributed by atoms with Crippen molar-refractivity contribution in [3.05, 3.63) is 78.0 Å². The SMILES string of the molecule is c1ccc(CN2CCCC[C@@H]2c2cnc3ccccc3c2)cc1. The van der Waals surface area contributed by atoms with E-state index in [4.69, 9.17) is 0 Å². The third-order valence-electron chi connectivity index (χ3n) is 4.84. The summed E-state index contributed by atoms with van der Waals surface area (Å²) in [4.78, 5) is 7.29. The molecule has 1 atom stereocenters. The molecule has 1 aliphatic rings. The van der Waals surface area contributed by atoms with Crippen LogP contribution in [0.2, 0.25) is 0 Å². The number of benzene rings is 2. The smallest absolute Gasteiger partial charge is 0.0702 e. The monoisotopic (exact) mass is 302 g/mol. The highest BCUT2D eigenvalue weighted by atomic mass is 15.2. The molecule has 23 heavy (non-hydrogen) atoms. The van der Waals surface area contributed by atoms with Gasteiger partial charge in [-0.2, -0.15) is 0 Å². The standard InChI is InChI=1S/C21H22N2/c1-2-8-17(9-3-1)16-23-13-7-6-12-21(23)19-14-18-10-4-5-11-20(18)22-15-19/h1-5,8-11,14-15,21H,6-7,12-13,16H2/t21-/m1/s1. The van der Waals surface area contributed by atoms with Crippen molar-refractivity contribution in [1.82, 2.24) is 9.88 Å². The van der Waals surface area contributed by atoms with Crippen LogP contribution in [0.4, 0.5) is 0 Å². The lowest BCUT2D eigenvalue weighted by molar-refractivity contribution is 0.140. The van der Waals surface area contributed by atoms with Crippen LogP contribution in [0.25, 0.3) is 10.9 Å². The van der Waals surface area contributed by atoms with E-state index in [0.29, 0.717) is 6.04 Å². The Morgan fingerprint density at radius 3 is 2.70 bits per heavy atom. The normalized spacial score (nSPS) is 19.0. The second-order valence-electron chi connectivity index (χ2n) is 6.43. The van der Waals surface area contributed by atoms with E-state index in [0.717, 1.165) is 12.1 Å². The summed E-state index contributed by atoms with van der Waals surface area (Å²) in [6.45, 7) is 2.20. The molecule has 2 aromatic carbocycles. The summed E-state index contributed by atoms with van der Waals surface area (Å²) < 4.78 is 0. The predicted octanol–water partition coefficient (Wildman–Crippen LogP) is 4.96. The highest BCUT2D eigenvalue weighted by molar-refractivity contribution is 5.78. The van der Waals surface area contributed by atoms with Crippen LogP contribution in [-0.4, -0.2) is 16.4 Å². The molecule has 2 heterocycles. The van der Waals surface area contributed by atoms with Gasteiger partial charge in [-0.15, -0.1) is 0 Å². The minimum absolute atomic E-state index is 0.487. The quantitative estimate of drug-likeness (QED) is 0.679. The fourth-order valence-electron chi connectivity index (χ4n) is 3.65. The van der Waals surface area contributed by atoms with Gasteiger partial charge in [-0.3, -0.25) is 9.88 Å². The number of nitrogens with zero attached hydrogens (tertiary/aromatic N) is 2. The summed E-state index contributed by atoms with van der Waals surface area (Å²) in [5.74, 6) is 0. The summed E-state index contributed by atoms with van der Waals surface area (Å²) in [7, 11) is 0. The fourth-order valence-corrected chi connectivity index (χ4v) is 3.65. The third kappa shape index (κ3) is 3.13. The first-order valence-electron chi connectivity index (χ1n) is 8.53. The number of para-hydroxylation sites is 1. The topological polar surface area (TPSA) is 16.1 Å². The van der Waals surface area contributed by atoms with Gasteiger partial charge in [0, 0.05) is 24.2 Å². The maximum absolute atomic E-state index is 4.67. The zero-order valence-corrected chi connectivity index (χ0v) is 13.4. The molecule has 1 aromatic heterocycles. The fraction of sp³-hybridized carbons (Fsp3) is 0.286. The highest BCUT2D eigenvalue weighted by Crippen LogP contribution is 2.32. The molecule has 0 saturated carbocycles. The van der Waals surface area contributed by atoms with Crippen molar-refractivity contribution < 1.29 is 0 Å². The molecule has 4 rings (SSSR count). The van der Waals surface area contributed by atoms with Crippen molar-refractivity contribution in [2.24, 2.45) is 0 Å². The molecule has 2 heteroatoms. The minimum atomic E-state index is 0.487. The first-order chi connectivity index (χ1) is 11.4. The number of fused-ring (bicyclic) bond motifs is 1. The van der Waals surface area contributed by atoms with Gasteiger partial charge in [-0.05, 0) is 42.6 Å². The van der Waals surface area contributed by atoms with Crippen molar-refractivity contribution in [3.8, 4) is 0 Å². The number of hydrogen-bond acceptors (Lipinski definition) is 2. The van der Waals surface area contributed by atoms with E-state index in [1.54, 1.807) is 0 Å². The van der Waals surface area contributed by atoms with E-state index < -0.39 is 0 Å². The van der Waals surface area contributed by atoms with Crippen LogP contribution in [0.15, 0.2) is 66.9 Å². The van der Waals surface area contributed by atoms with E-state index in [9.17, 15) is 0 Å². The van der Waals surface area contributed by atoms with Crippen LogP contribution in [0.1, 0.15) is 36.4 Å². The first kappa shape index (κ1) is 14.4. The lowest BCUT2D eigenvalue weighted by Gasteiger charge is -2.36. The Morgan fingerprint density at radius 1 is 0.957 bits per heavy atom. The average molecular weight is 302 g/mol. The van der Waals surface area contributed by atoms with Crippen LogP contribution >= 0.6 is 0 Å². The summed E-state index contributed by atoms with van der Waals surface area (Å²) >= 11 is 0. The van der Waals surface area contributed by atoms with Gasteiger partial charge in [0.15, 0.2) is 0 Å². The van der Waals surface area contributed by atoms with Gasteiger partial charge < -0.3 is 0 Å². The zero-order valence-electron chi connectivity index (χ0n) is 13.4. The van der Waals surface area contributed by atoms with Crippen molar-refractivity contribution in [2.75, 3.05) is 6.54 Å². The Morgan fingerprint density at radius 2 is 1.78 bits per heavy atom. The van der Waals surface area contributed by atoms with Gasteiger partial charge in [0.05, 0.1) is 5.52 Å². The summed E-state index contributed by atoms with van der Waals surface area (Å²) in [5.41, 5.74) is 3.84. The molecule has 0 spiro atoms. The van der Waals surface area contributed by atoms with E-state index in [2.05, 4.69) is 76.7 Å². The summed E-state index contributed by atoms with van der Waals surface area (Å²) in [6, 6.07) is 22.0. The minimum Gasteiger partial charge on any atom is -0.292 e. The van der Waals surface area contributed by atoms with Gasteiger partial charge in [0.2, 0.25) is 0 Å². The molecule has 0 aliphatic carbocycles. The number of likely N-dealkylation sites (tertiary alicyclic amines) is 1. The molecule has 0 bridgehead atoms. The first-order valence-corrected chi connectivity index (χ1v) is 8.53. The lowest BCUT2D eigenvalue weighted by Crippen LogP contribution is -2.33. The van der Waals surface area contributed by atoms with E-state index >= 15 is 0 Å². The summed E-state index contributed by atoms with van der Waals surface area (Å²) in [5, 5.41) is 1.25. The molecule has 1 saturated heterocycles. The second-order valence-corrected chi connectivity index (χ2v) is 6.43. The Balaban J connectivity index is 1.63. The molecule has 0 radical (unpaired) electrons. The molecular weight excluding hydrogens is 280 g/mol. The largest absolute Gasteiger partial charge is 0.292 e. The molecule has 116 valence electrons. The van der Waals surface area contributed by atoms with E-state index in [-0.39, 0.29) is 0 Å². The predicted molar refractivity (Wildman–Crippen MR) is 95.2 cm³/mol. The second kappa shape index (κ2) is 6.51. The molecule has 0 N–H and O–H groups in total. The summed E-state index contributed by atoms with van der Waals surface area (Å²) in [6.07, 6.45) is 5.91. The van der Waals surface area contributed by atoms with Gasteiger partial charge in [-0.1, -0.05) is 55.0 Å². The van der Waals surface area contributed by atoms with Crippen LogP contribution in [-0.2, 0) is 6.54 Å². The van der Waals surface area contributed by atoms with Crippen molar-refractivity contribution >= 4 is 10.9 Å². The molecule has 1 fully saturated rings. The highest BCUT2D eigenvalue weighted by Gasteiger charge is 2.24. The zero-order chi connectivity index (χ0) is 15.5. The molecule has 2 nitrogen and oxygen atoms in total. The Bertz CT molecular complexity index is 782. The molecule has 0 amide bonds. The number of pyridine rings is 1. The van der Waals surface area contributed by atoms with Crippen LogP contribution in [0.3, 0.4) is 0 Å². The van der Waals surface area contributed by atoms with Crippen LogP contribution in [0.5, 0.6) is 0 Å². The number of piperidine rings is 1. The Hall–Kier alpha value is -2.19. The Kier molecular flexibility index (Phi) is 4.08. The number of rotatable bonds is 3. The van der Waals surface area contributed by atoms with Gasteiger partial charge in [0.1, 0.15) is 0 Å². The maximum Gasteiger partial charge on any atom is 0.0702 e. The average Bonchev–Trinajstić information content (AvgIpc) is 2.63. The molecule has 3 aromatic rings. The van der Waals surface area contributed by atoms with Gasteiger partial charge in [-0.25, -0.2) is 0 Å². The van der Waals surface area contributed by atoms with Gasteiger partial charge >= 0.3 is 0 Å². The van der Waals surface area contributed by atoms with E-state index in [1.807, 2.05) is 0 Å². The maximum atomic E-state index is 4.67.